The van der Waals surface area contributed by atoms with E-state index in [1.165, 1.54) is 6.20 Å². The van der Waals surface area contributed by atoms with Crippen LogP contribution in [0.1, 0.15) is 29.8 Å². The van der Waals surface area contributed by atoms with Gasteiger partial charge in [0.25, 0.3) is 5.91 Å². The summed E-state index contributed by atoms with van der Waals surface area (Å²) < 4.78 is 5.47. The fraction of sp³-hybridized carbons (Fsp3) is 0.200. The molecule has 3 rings (SSSR count). The molecular formula is C20H20N4O2. The van der Waals surface area contributed by atoms with Gasteiger partial charge in [-0.2, -0.15) is 0 Å². The van der Waals surface area contributed by atoms with Crippen LogP contribution in [0.15, 0.2) is 61.2 Å². The van der Waals surface area contributed by atoms with E-state index in [-0.39, 0.29) is 12.0 Å². The predicted molar refractivity (Wildman–Crippen MR) is 98.6 cm³/mol. The molecule has 0 aromatic carbocycles. The Balaban J connectivity index is 1.57. The van der Waals surface area contributed by atoms with Crippen LogP contribution in [0.2, 0.25) is 0 Å². The second kappa shape index (κ2) is 8.20. The van der Waals surface area contributed by atoms with E-state index in [9.17, 15) is 4.79 Å². The van der Waals surface area contributed by atoms with E-state index >= 15 is 0 Å². The molecule has 26 heavy (non-hydrogen) atoms. The first kappa shape index (κ1) is 17.5. The molecule has 0 aliphatic heterocycles. The van der Waals surface area contributed by atoms with Gasteiger partial charge < -0.3 is 10.1 Å². The molecule has 0 aliphatic carbocycles. The van der Waals surface area contributed by atoms with E-state index in [0.717, 1.165) is 16.8 Å². The van der Waals surface area contributed by atoms with Gasteiger partial charge in [-0.25, -0.2) is 4.98 Å². The smallest absolute Gasteiger partial charge is 0.253 e. The highest BCUT2D eigenvalue weighted by molar-refractivity contribution is 5.93. The Morgan fingerprint density at radius 1 is 1.08 bits per heavy atom. The highest BCUT2D eigenvalue weighted by Crippen LogP contribution is 2.15. The fourth-order valence-corrected chi connectivity index (χ4v) is 2.32. The highest BCUT2D eigenvalue weighted by Gasteiger charge is 2.07. The van der Waals surface area contributed by atoms with Crippen molar-refractivity contribution in [3.05, 3.63) is 72.3 Å². The molecular weight excluding hydrogens is 328 g/mol. The number of nitrogens with zero attached hydrogens (tertiary/aromatic N) is 3. The third-order valence-electron chi connectivity index (χ3n) is 3.59. The SMILES string of the molecule is CC(C)Oc1ccc(C(=O)NCc2ccc(-c3cccnc3)nc2)cn1. The van der Waals surface area contributed by atoms with Gasteiger partial charge in [-0.05, 0) is 43.7 Å². The van der Waals surface area contributed by atoms with Crippen molar-refractivity contribution < 1.29 is 9.53 Å². The first-order valence-corrected chi connectivity index (χ1v) is 8.38. The third-order valence-corrected chi connectivity index (χ3v) is 3.59. The molecule has 0 spiro atoms. The molecule has 1 amide bonds. The Kier molecular flexibility index (Phi) is 5.53. The number of carbonyl (C=O) groups is 1. The molecule has 0 aliphatic rings. The lowest BCUT2D eigenvalue weighted by Crippen LogP contribution is -2.23. The third kappa shape index (κ3) is 4.63. The van der Waals surface area contributed by atoms with Crippen LogP contribution >= 0.6 is 0 Å². The number of rotatable bonds is 6. The summed E-state index contributed by atoms with van der Waals surface area (Å²) in [5.74, 6) is 0.316. The van der Waals surface area contributed by atoms with Crippen molar-refractivity contribution in [2.75, 3.05) is 0 Å². The molecule has 0 saturated carbocycles. The second-order valence-corrected chi connectivity index (χ2v) is 6.03. The summed E-state index contributed by atoms with van der Waals surface area (Å²) in [6, 6.07) is 11.1. The number of ether oxygens (including phenoxy) is 1. The zero-order valence-corrected chi connectivity index (χ0v) is 14.7. The molecule has 0 saturated heterocycles. The van der Waals surface area contributed by atoms with E-state index < -0.39 is 0 Å². The van der Waals surface area contributed by atoms with E-state index in [0.29, 0.717) is 18.0 Å². The van der Waals surface area contributed by atoms with Gasteiger partial charge in [-0.1, -0.05) is 6.07 Å². The lowest BCUT2D eigenvalue weighted by Gasteiger charge is -2.09. The van der Waals surface area contributed by atoms with Gasteiger partial charge in [0.05, 0.1) is 17.4 Å². The Bertz CT molecular complexity index is 847. The van der Waals surface area contributed by atoms with Crippen LogP contribution in [0.25, 0.3) is 11.3 Å². The quantitative estimate of drug-likeness (QED) is 0.740. The molecule has 6 heteroatoms. The second-order valence-electron chi connectivity index (χ2n) is 6.03. The maximum atomic E-state index is 12.2. The Labute approximate surface area is 152 Å². The Morgan fingerprint density at radius 2 is 1.96 bits per heavy atom. The summed E-state index contributed by atoms with van der Waals surface area (Å²) >= 11 is 0. The first-order chi connectivity index (χ1) is 12.6. The first-order valence-electron chi connectivity index (χ1n) is 8.38. The summed E-state index contributed by atoms with van der Waals surface area (Å²) in [7, 11) is 0. The van der Waals surface area contributed by atoms with Crippen molar-refractivity contribution in [2.24, 2.45) is 0 Å². The van der Waals surface area contributed by atoms with Gasteiger partial charge in [0.2, 0.25) is 5.88 Å². The fourth-order valence-electron chi connectivity index (χ4n) is 2.32. The number of carbonyl (C=O) groups excluding carboxylic acids is 1. The minimum atomic E-state index is -0.190. The molecule has 3 heterocycles. The Hall–Kier alpha value is -3.28. The van der Waals surface area contributed by atoms with E-state index in [1.807, 2.05) is 38.1 Å². The van der Waals surface area contributed by atoms with Crippen LogP contribution in [0.5, 0.6) is 5.88 Å². The van der Waals surface area contributed by atoms with Crippen molar-refractivity contribution in [3.8, 4) is 17.1 Å². The molecule has 0 atom stereocenters. The average molecular weight is 348 g/mol. The average Bonchev–Trinajstić information content (AvgIpc) is 2.67. The van der Waals surface area contributed by atoms with E-state index in [4.69, 9.17) is 4.74 Å². The summed E-state index contributed by atoms with van der Waals surface area (Å²) in [5.41, 5.74) is 3.20. The van der Waals surface area contributed by atoms with Crippen LogP contribution in [0.4, 0.5) is 0 Å². The van der Waals surface area contributed by atoms with Gasteiger partial charge in [0.15, 0.2) is 0 Å². The molecule has 1 N–H and O–H groups in total. The number of hydrogen-bond donors (Lipinski definition) is 1. The topological polar surface area (TPSA) is 77.0 Å². The summed E-state index contributed by atoms with van der Waals surface area (Å²) in [5, 5.41) is 2.86. The van der Waals surface area contributed by atoms with Crippen molar-refractivity contribution in [2.45, 2.75) is 26.5 Å². The van der Waals surface area contributed by atoms with Gasteiger partial charge in [0, 0.05) is 43.0 Å². The maximum absolute atomic E-state index is 12.2. The summed E-state index contributed by atoms with van der Waals surface area (Å²) in [6.07, 6.45) is 6.80. The standard InChI is InChI=1S/C20H20N4O2/c1-14(2)26-19-8-6-17(13-23-19)20(25)24-11-15-5-7-18(22-10-15)16-4-3-9-21-12-16/h3-10,12-14H,11H2,1-2H3,(H,24,25). The van der Waals surface area contributed by atoms with Crippen molar-refractivity contribution >= 4 is 5.91 Å². The van der Waals surface area contributed by atoms with Crippen LogP contribution in [0.3, 0.4) is 0 Å². The van der Waals surface area contributed by atoms with E-state index in [2.05, 4.69) is 20.3 Å². The molecule has 6 nitrogen and oxygen atoms in total. The Morgan fingerprint density at radius 3 is 2.58 bits per heavy atom. The number of pyridine rings is 3. The number of hydrogen-bond acceptors (Lipinski definition) is 5. The van der Waals surface area contributed by atoms with Gasteiger partial charge in [-0.3, -0.25) is 14.8 Å². The largest absolute Gasteiger partial charge is 0.475 e. The maximum Gasteiger partial charge on any atom is 0.253 e. The van der Waals surface area contributed by atoms with Crippen molar-refractivity contribution in [1.29, 1.82) is 0 Å². The van der Waals surface area contributed by atoms with E-state index in [1.54, 1.807) is 30.7 Å². The minimum Gasteiger partial charge on any atom is -0.475 e. The normalized spacial score (nSPS) is 10.6. The summed E-state index contributed by atoms with van der Waals surface area (Å²) in [4.78, 5) is 24.9. The van der Waals surface area contributed by atoms with Gasteiger partial charge in [-0.15, -0.1) is 0 Å². The van der Waals surface area contributed by atoms with Crippen LogP contribution in [-0.2, 0) is 6.54 Å². The number of aromatic nitrogens is 3. The lowest BCUT2D eigenvalue weighted by atomic mass is 10.1. The monoisotopic (exact) mass is 348 g/mol. The van der Waals surface area contributed by atoms with Crippen molar-refractivity contribution in [1.82, 2.24) is 20.3 Å². The molecule has 0 unspecified atom stereocenters. The summed E-state index contributed by atoms with van der Waals surface area (Å²) in [6.45, 7) is 4.25. The molecule has 3 aromatic rings. The van der Waals surface area contributed by atoms with Crippen LogP contribution in [0, 0.1) is 0 Å². The minimum absolute atomic E-state index is 0.0457. The zero-order chi connectivity index (χ0) is 18.4. The molecule has 0 fully saturated rings. The molecule has 132 valence electrons. The van der Waals surface area contributed by atoms with Crippen LogP contribution < -0.4 is 10.1 Å². The number of amides is 1. The van der Waals surface area contributed by atoms with Gasteiger partial charge in [0.1, 0.15) is 0 Å². The number of nitrogens with one attached hydrogen (secondary N) is 1. The highest BCUT2D eigenvalue weighted by atomic mass is 16.5. The molecule has 0 bridgehead atoms. The van der Waals surface area contributed by atoms with Gasteiger partial charge >= 0.3 is 0 Å². The predicted octanol–water partition coefficient (Wildman–Crippen LogP) is 3.26. The zero-order valence-electron chi connectivity index (χ0n) is 14.7. The molecule has 3 aromatic heterocycles. The molecule has 0 radical (unpaired) electrons. The van der Waals surface area contributed by atoms with Crippen LogP contribution in [-0.4, -0.2) is 27.0 Å². The lowest BCUT2D eigenvalue weighted by molar-refractivity contribution is 0.0950. The van der Waals surface area contributed by atoms with Crippen molar-refractivity contribution in [3.63, 3.8) is 0 Å².